The zero-order valence-electron chi connectivity index (χ0n) is 10.5. The standard InChI is InChI=1S/C15H11Cl2NO2/c16-12-5-3-7-14(15(12)17)20-9-8-19-13-6-2-1-4-11(13)10-18/h1-7H,8-9H2. The Morgan fingerprint density at radius 3 is 2.30 bits per heavy atom. The van der Waals surface area contributed by atoms with Gasteiger partial charge in [0.15, 0.2) is 0 Å². The second-order valence-corrected chi connectivity index (χ2v) is 4.64. The average Bonchev–Trinajstić information content (AvgIpc) is 2.48. The smallest absolute Gasteiger partial charge is 0.139 e. The first-order valence-corrected chi connectivity index (χ1v) is 6.66. The van der Waals surface area contributed by atoms with Crippen LogP contribution in [-0.2, 0) is 0 Å². The Balaban J connectivity index is 1.88. The molecule has 0 saturated heterocycles. The van der Waals surface area contributed by atoms with E-state index in [1.165, 1.54) is 0 Å². The molecule has 0 aromatic heterocycles. The van der Waals surface area contributed by atoms with Crippen LogP contribution in [0.1, 0.15) is 5.56 Å². The first-order valence-electron chi connectivity index (χ1n) is 5.91. The Kier molecular flexibility index (Phi) is 5.11. The minimum atomic E-state index is 0.305. The van der Waals surface area contributed by atoms with Crippen molar-refractivity contribution in [2.75, 3.05) is 13.2 Å². The third-order valence-corrected chi connectivity index (χ3v) is 3.32. The van der Waals surface area contributed by atoms with E-state index < -0.39 is 0 Å². The summed E-state index contributed by atoms with van der Waals surface area (Å²) >= 11 is 11.9. The lowest BCUT2D eigenvalue weighted by molar-refractivity contribution is 0.217. The highest BCUT2D eigenvalue weighted by Gasteiger charge is 2.06. The van der Waals surface area contributed by atoms with E-state index >= 15 is 0 Å². The fourth-order valence-electron chi connectivity index (χ4n) is 1.58. The SMILES string of the molecule is N#Cc1ccccc1OCCOc1cccc(Cl)c1Cl. The third kappa shape index (κ3) is 3.57. The maximum Gasteiger partial charge on any atom is 0.139 e. The van der Waals surface area contributed by atoms with Crippen molar-refractivity contribution in [3.8, 4) is 17.6 Å². The minimum absolute atomic E-state index is 0.305. The molecule has 0 radical (unpaired) electrons. The molecule has 0 saturated carbocycles. The monoisotopic (exact) mass is 307 g/mol. The van der Waals surface area contributed by atoms with Gasteiger partial charge in [-0.3, -0.25) is 0 Å². The van der Waals surface area contributed by atoms with Crippen molar-refractivity contribution in [3.63, 3.8) is 0 Å². The predicted octanol–water partition coefficient (Wildman–Crippen LogP) is 4.32. The van der Waals surface area contributed by atoms with Gasteiger partial charge in [-0.1, -0.05) is 41.4 Å². The van der Waals surface area contributed by atoms with Crippen molar-refractivity contribution in [1.29, 1.82) is 5.26 Å². The summed E-state index contributed by atoms with van der Waals surface area (Å²) in [5, 5.41) is 9.75. The lowest BCUT2D eigenvalue weighted by Gasteiger charge is -2.10. The molecule has 0 N–H and O–H groups in total. The zero-order valence-corrected chi connectivity index (χ0v) is 12.0. The van der Waals surface area contributed by atoms with Gasteiger partial charge in [-0.15, -0.1) is 0 Å². The van der Waals surface area contributed by atoms with Crippen LogP contribution < -0.4 is 9.47 Å². The van der Waals surface area contributed by atoms with Gasteiger partial charge in [-0.25, -0.2) is 0 Å². The Labute approximate surface area is 127 Å². The van der Waals surface area contributed by atoms with Crippen LogP contribution in [0.4, 0.5) is 0 Å². The lowest BCUT2D eigenvalue weighted by Crippen LogP contribution is -2.09. The Morgan fingerprint density at radius 2 is 1.55 bits per heavy atom. The molecular formula is C15H11Cl2NO2. The van der Waals surface area contributed by atoms with Crippen LogP contribution in [0.25, 0.3) is 0 Å². The maximum absolute atomic E-state index is 8.93. The number of halogens is 2. The summed E-state index contributed by atoms with van der Waals surface area (Å²) in [4.78, 5) is 0. The van der Waals surface area contributed by atoms with E-state index in [4.69, 9.17) is 37.9 Å². The molecule has 2 rings (SSSR count). The molecule has 5 heteroatoms. The van der Waals surface area contributed by atoms with Crippen LogP contribution in [0, 0.1) is 11.3 Å². The third-order valence-electron chi connectivity index (χ3n) is 2.52. The number of hydrogen-bond donors (Lipinski definition) is 0. The summed E-state index contributed by atoms with van der Waals surface area (Å²) in [5.41, 5.74) is 0.494. The first-order chi connectivity index (χ1) is 9.72. The Hall–Kier alpha value is -1.89. The number of ether oxygens (including phenoxy) is 2. The van der Waals surface area contributed by atoms with Gasteiger partial charge in [-0.2, -0.15) is 5.26 Å². The van der Waals surface area contributed by atoms with E-state index in [-0.39, 0.29) is 0 Å². The van der Waals surface area contributed by atoms with Crippen LogP contribution in [0.5, 0.6) is 11.5 Å². The molecular weight excluding hydrogens is 297 g/mol. The summed E-state index contributed by atoms with van der Waals surface area (Å²) in [6.07, 6.45) is 0. The second-order valence-electron chi connectivity index (χ2n) is 3.86. The maximum atomic E-state index is 8.93. The van der Waals surface area contributed by atoms with Gasteiger partial charge >= 0.3 is 0 Å². The van der Waals surface area contributed by atoms with Gasteiger partial charge in [0.1, 0.15) is 35.8 Å². The number of hydrogen-bond acceptors (Lipinski definition) is 3. The van der Waals surface area contributed by atoms with Crippen molar-refractivity contribution in [3.05, 3.63) is 58.1 Å². The highest BCUT2D eigenvalue weighted by Crippen LogP contribution is 2.31. The summed E-state index contributed by atoms with van der Waals surface area (Å²) in [6, 6.07) is 14.3. The number of rotatable bonds is 5. The second kappa shape index (κ2) is 7.04. The van der Waals surface area contributed by atoms with Gasteiger partial charge in [0.25, 0.3) is 0 Å². The van der Waals surface area contributed by atoms with Gasteiger partial charge in [-0.05, 0) is 24.3 Å². The fourth-order valence-corrected chi connectivity index (χ4v) is 1.93. The lowest BCUT2D eigenvalue weighted by atomic mass is 10.2. The van der Waals surface area contributed by atoms with E-state index in [0.717, 1.165) is 0 Å². The van der Waals surface area contributed by atoms with Crippen molar-refractivity contribution < 1.29 is 9.47 Å². The molecule has 2 aromatic rings. The largest absolute Gasteiger partial charge is 0.489 e. The normalized spacial score (nSPS) is 9.85. The number of nitrogens with zero attached hydrogens (tertiary/aromatic N) is 1. The van der Waals surface area contributed by atoms with Gasteiger partial charge < -0.3 is 9.47 Å². The molecule has 0 unspecified atom stereocenters. The van der Waals surface area contributed by atoms with Crippen LogP contribution in [-0.4, -0.2) is 13.2 Å². The van der Waals surface area contributed by atoms with Gasteiger partial charge in [0.2, 0.25) is 0 Å². The van der Waals surface area contributed by atoms with Crippen molar-refractivity contribution >= 4 is 23.2 Å². The fraction of sp³-hybridized carbons (Fsp3) is 0.133. The van der Waals surface area contributed by atoms with E-state index in [1.54, 1.807) is 36.4 Å². The van der Waals surface area contributed by atoms with Crippen LogP contribution in [0.15, 0.2) is 42.5 Å². The molecule has 0 amide bonds. The quantitative estimate of drug-likeness (QED) is 0.772. The Morgan fingerprint density at radius 1 is 0.900 bits per heavy atom. The minimum Gasteiger partial charge on any atom is -0.489 e. The molecule has 0 aliphatic rings. The van der Waals surface area contributed by atoms with Crippen LogP contribution in [0.2, 0.25) is 10.0 Å². The van der Waals surface area contributed by atoms with Crippen LogP contribution in [0.3, 0.4) is 0 Å². The molecule has 0 spiro atoms. The van der Waals surface area contributed by atoms with Crippen LogP contribution >= 0.6 is 23.2 Å². The van der Waals surface area contributed by atoms with Gasteiger partial charge in [0, 0.05) is 0 Å². The van der Waals surface area contributed by atoms with E-state index in [9.17, 15) is 0 Å². The van der Waals surface area contributed by atoms with Crippen molar-refractivity contribution in [2.45, 2.75) is 0 Å². The molecule has 0 atom stereocenters. The van der Waals surface area contributed by atoms with E-state index in [0.29, 0.717) is 40.3 Å². The summed E-state index contributed by atoms with van der Waals surface area (Å²) in [5.74, 6) is 1.05. The average molecular weight is 308 g/mol. The number of nitriles is 1. The Bertz CT molecular complexity index is 638. The molecule has 3 nitrogen and oxygen atoms in total. The topological polar surface area (TPSA) is 42.2 Å². The highest BCUT2D eigenvalue weighted by molar-refractivity contribution is 6.42. The van der Waals surface area contributed by atoms with E-state index in [2.05, 4.69) is 6.07 Å². The molecule has 0 fully saturated rings. The highest BCUT2D eigenvalue weighted by atomic mass is 35.5. The van der Waals surface area contributed by atoms with Crippen molar-refractivity contribution in [1.82, 2.24) is 0 Å². The molecule has 102 valence electrons. The van der Waals surface area contributed by atoms with Gasteiger partial charge in [0.05, 0.1) is 10.6 Å². The van der Waals surface area contributed by atoms with E-state index in [1.807, 2.05) is 6.07 Å². The summed E-state index contributed by atoms with van der Waals surface area (Å²) in [7, 11) is 0. The first kappa shape index (κ1) is 14.5. The molecule has 2 aromatic carbocycles. The molecule has 0 bridgehead atoms. The predicted molar refractivity (Wildman–Crippen MR) is 78.6 cm³/mol. The molecule has 20 heavy (non-hydrogen) atoms. The molecule has 0 heterocycles. The number of benzene rings is 2. The molecule has 0 aliphatic carbocycles. The zero-order chi connectivity index (χ0) is 14.4. The summed E-state index contributed by atoms with van der Waals surface area (Å²) < 4.78 is 11.0. The number of para-hydroxylation sites is 1. The van der Waals surface area contributed by atoms with Crippen molar-refractivity contribution in [2.24, 2.45) is 0 Å². The molecule has 0 aliphatic heterocycles. The summed E-state index contributed by atoms with van der Waals surface area (Å²) in [6.45, 7) is 0.612.